The first-order valence-corrected chi connectivity index (χ1v) is 17.1. The quantitative estimate of drug-likeness (QED) is 0.279. The summed E-state index contributed by atoms with van der Waals surface area (Å²) in [5, 5.41) is 12.8. The molecule has 0 radical (unpaired) electrons. The molecule has 8 nitrogen and oxygen atoms in total. The van der Waals surface area contributed by atoms with Gasteiger partial charge in [0.25, 0.3) is 5.91 Å². The first-order valence-electron chi connectivity index (χ1n) is 15.5. The Morgan fingerprint density at radius 3 is 2.30 bits per heavy atom. The lowest BCUT2D eigenvalue weighted by molar-refractivity contribution is -0.137. The number of rotatable bonds is 11. The van der Waals surface area contributed by atoms with Crippen molar-refractivity contribution < 1.29 is 41.0 Å². The molecule has 4 atom stereocenters. The van der Waals surface area contributed by atoms with Crippen LogP contribution in [-0.2, 0) is 25.5 Å². The van der Waals surface area contributed by atoms with E-state index in [4.69, 9.17) is 9.47 Å². The third-order valence-electron chi connectivity index (χ3n) is 8.80. The van der Waals surface area contributed by atoms with Gasteiger partial charge in [-0.2, -0.15) is 13.2 Å². The van der Waals surface area contributed by atoms with E-state index in [2.05, 4.69) is 10.2 Å². The largest absolute Gasteiger partial charge is 0.416 e. The zero-order chi connectivity index (χ0) is 32.9. The molecule has 248 valence electrons. The number of halogens is 3. The summed E-state index contributed by atoms with van der Waals surface area (Å²) in [6.45, 7) is 3.46. The summed E-state index contributed by atoms with van der Waals surface area (Å²) >= 11 is 0. The minimum Gasteiger partial charge on any atom is -0.394 e. The number of anilines is 1. The highest BCUT2D eigenvalue weighted by atomic mass is 32.2. The van der Waals surface area contributed by atoms with E-state index in [1.54, 1.807) is 43.3 Å². The van der Waals surface area contributed by atoms with Crippen molar-refractivity contribution in [2.45, 2.75) is 61.4 Å². The molecular weight excluding hydrogens is 621 g/mol. The molecular formula is C34H39F3N2O6S. The van der Waals surface area contributed by atoms with Crippen LogP contribution < -0.4 is 10.2 Å². The smallest absolute Gasteiger partial charge is 0.394 e. The molecule has 1 unspecified atom stereocenters. The van der Waals surface area contributed by atoms with Crippen molar-refractivity contribution in [2.24, 2.45) is 0 Å². The van der Waals surface area contributed by atoms with E-state index in [-0.39, 0.29) is 35.3 Å². The second-order valence-electron chi connectivity index (χ2n) is 11.7. The molecule has 2 aliphatic rings. The summed E-state index contributed by atoms with van der Waals surface area (Å²) in [7, 11) is -3.37. The van der Waals surface area contributed by atoms with Gasteiger partial charge in [-0.25, -0.2) is 8.42 Å². The number of ether oxygens (including phenoxy) is 2. The highest BCUT2D eigenvalue weighted by molar-refractivity contribution is 7.91. The topological polar surface area (TPSA) is 105 Å². The molecule has 0 bridgehead atoms. The molecule has 2 saturated heterocycles. The van der Waals surface area contributed by atoms with Crippen molar-refractivity contribution in [3.05, 3.63) is 95.1 Å². The predicted octanol–water partition coefficient (Wildman–Crippen LogP) is 5.52. The van der Waals surface area contributed by atoms with Gasteiger partial charge in [-0.3, -0.25) is 4.79 Å². The summed E-state index contributed by atoms with van der Waals surface area (Å²) in [5.41, 5.74) is 1.97. The van der Waals surface area contributed by atoms with Gasteiger partial charge in [-0.1, -0.05) is 31.2 Å². The van der Waals surface area contributed by atoms with Crippen molar-refractivity contribution in [3.63, 3.8) is 0 Å². The van der Waals surface area contributed by atoms with Gasteiger partial charge >= 0.3 is 6.18 Å². The maximum atomic E-state index is 13.2. The lowest BCUT2D eigenvalue weighted by Gasteiger charge is -2.42. The number of sulfone groups is 1. The van der Waals surface area contributed by atoms with E-state index in [1.807, 2.05) is 12.1 Å². The Morgan fingerprint density at radius 1 is 1.02 bits per heavy atom. The van der Waals surface area contributed by atoms with Gasteiger partial charge in [0, 0.05) is 30.3 Å². The Hall–Kier alpha value is -3.45. The van der Waals surface area contributed by atoms with E-state index < -0.39 is 33.5 Å². The highest BCUT2D eigenvalue weighted by Crippen LogP contribution is 2.36. The first kappa shape index (κ1) is 33.9. The minimum absolute atomic E-state index is 0.0142. The number of nitrogens with zero attached hydrogens (tertiary/aromatic N) is 1. The molecule has 2 heterocycles. The van der Waals surface area contributed by atoms with Crippen LogP contribution in [0.5, 0.6) is 0 Å². The average molecular weight is 661 g/mol. The maximum Gasteiger partial charge on any atom is 0.416 e. The van der Waals surface area contributed by atoms with E-state index in [9.17, 15) is 31.5 Å². The number of aliphatic hydroxyl groups is 1. The van der Waals surface area contributed by atoms with Crippen molar-refractivity contribution >= 4 is 21.4 Å². The number of aliphatic hydroxyl groups excluding tert-OH is 1. The first-order chi connectivity index (χ1) is 22.0. The minimum atomic E-state index is -4.39. The lowest BCUT2D eigenvalue weighted by atomic mass is 9.86. The fraction of sp³-hybridized carbons (Fsp3) is 0.441. The lowest BCUT2D eigenvalue weighted by Crippen LogP contribution is -2.46. The fourth-order valence-corrected chi connectivity index (χ4v) is 6.86. The van der Waals surface area contributed by atoms with Crippen LogP contribution in [0.2, 0.25) is 0 Å². The van der Waals surface area contributed by atoms with Crippen molar-refractivity contribution in [1.29, 1.82) is 0 Å². The third kappa shape index (κ3) is 8.09. The van der Waals surface area contributed by atoms with Crippen LogP contribution in [0.1, 0.15) is 65.2 Å². The normalized spacial score (nSPS) is 21.2. The number of alkyl halides is 3. The van der Waals surface area contributed by atoms with Crippen LogP contribution in [0.4, 0.5) is 18.9 Å². The SMILES string of the molecule is CCS(=O)(=O)c1ccc([C@H](CO)NC(=O)c2ccc(N3CC(c4ccc(C(F)(F)F)cc4)CC[C@H]3CO[C@@H]3CCOC3)cc2)cc1. The zero-order valence-electron chi connectivity index (χ0n) is 25.6. The van der Waals surface area contributed by atoms with Crippen molar-refractivity contribution in [2.75, 3.05) is 43.6 Å². The summed E-state index contributed by atoms with van der Waals surface area (Å²) in [4.78, 5) is 15.5. The molecule has 0 spiro atoms. The number of hydrogen-bond donors (Lipinski definition) is 2. The highest BCUT2D eigenvalue weighted by Gasteiger charge is 2.33. The van der Waals surface area contributed by atoms with Crippen LogP contribution >= 0.6 is 0 Å². The predicted molar refractivity (Wildman–Crippen MR) is 168 cm³/mol. The number of benzene rings is 3. The Morgan fingerprint density at radius 2 is 1.72 bits per heavy atom. The molecule has 5 rings (SSSR count). The zero-order valence-corrected chi connectivity index (χ0v) is 26.4. The Bertz CT molecular complexity index is 1560. The van der Waals surface area contributed by atoms with Crippen LogP contribution in [0.15, 0.2) is 77.7 Å². The van der Waals surface area contributed by atoms with Gasteiger partial charge in [0.05, 0.1) is 54.2 Å². The van der Waals surface area contributed by atoms with Gasteiger partial charge in [-0.05, 0) is 78.9 Å². The van der Waals surface area contributed by atoms with Crippen LogP contribution in [0.3, 0.4) is 0 Å². The van der Waals surface area contributed by atoms with Crippen molar-refractivity contribution in [1.82, 2.24) is 5.32 Å². The van der Waals surface area contributed by atoms with Gasteiger partial charge in [0.2, 0.25) is 0 Å². The molecule has 3 aromatic rings. The third-order valence-corrected chi connectivity index (χ3v) is 10.5. The average Bonchev–Trinajstić information content (AvgIpc) is 3.60. The molecule has 0 aromatic heterocycles. The monoisotopic (exact) mass is 660 g/mol. The van der Waals surface area contributed by atoms with E-state index in [1.165, 1.54) is 12.1 Å². The second-order valence-corrected chi connectivity index (χ2v) is 14.0. The molecule has 2 aliphatic heterocycles. The Balaban J connectivity index is 1.30. The summed E-state index contributed by atoms with van der Waals surface area (Å²) < 4.78 is 75.3. The van der Waals surface area contributed by atoms with E-state index in [0.717, 1.165) is 42.6 Å². The Kier molecular flexibility index (Phi) is 10.7. The van der Waals surface area contributed by atoms with Gasteiger partial charge in [0.1, 0.15) is 0 Å². The maximum absolute atomic E-state index is 13.2. The fourth-order valence-electron chi connectivity index (χ4n) is 5.98. The molecule has 1 amide bonds. The van der Waals surface area contributed by atoms with Gasteiger partial charge in [0.15, 0.2) is 9.84 Å². The number of carbonyl (C=O) groups is 1. The summed E-state index contributed by atoms with van der Waals surface area (Å²) in [6.07, 6.45) is -1.95. The summed E-state index contributed by atoms with van der Waals surface area (Å²) in [5.74, 6) is -0.419. The molecule has 2 fully saturated rings. The molecule has 12 heteroatoms. The summed E-state index contributed by atoms with van der Waals surface area (Å²) in [6, 6.07) is 17.8. The van der Waals surface area contributed by atoms with Crippen LogP contribution in [0.25, 0.3) is 0 Å². The number of amides is 1. The van der Waals surface area contributed by atoms with E-state index >= 15 is 0 Å². The molecule has 0 aliphatic carbocycles. The Labute approximate surface area is 267 Å². The van der Waals surface area contributed by atoms with Gasteiger partial charge in [-0.15, -0.1) is 0 Å². The standard InChI is InChI=1S/C34H39F3N2O6S/c1-2-46(42,43)31-15-8-24(9-16-31)32(20-40)38-33(41)25-5-12-28(13-6-25)39-19-26(23-3-10-27(11-4-23)34(35,36)37)7-14-29(39)21-45-30-17-18-44-22-30/h3-6,8-13,15-16,26,29-30,32,40H,2,7,14,17-22H2,1H3,(H,38,41)/t26?,29-,30+,32-/m0/s1. The number of piperidine rings is 1. The number of carbonyl (C=O) groups excluding carboxylic acids is 1. The molecule has 46 heavy (non-hydrogen) atoms. The molecule has 0 saturated carbocycles. The number of nitrogens with one attached hydrogen (secondary N) is 1. The van der Waals surface area contributed by atoms with Crippen LogP contribution in [-0.4, -0.2) is 70.3 Å². The second kappa shape index (κ2) is 14.5. The van der Waals surface area contributed by atoms with Crippen molar-refractivity contribution in [3.8, 4) is 0 Å². The number of hydrogen-bond acceptors (Lipinski definition) is 7. The van der Waals surface area contributed by atoms with E-state index in [0.29, 0.717) is 37.5 Å². The molecule has 3 aromatic carbocycles. The molecule has 2 N–H and O–H groups in total. The van der Waals surface area contributed by atoms with Gasteiger partial charge < -0.3 is 24.8 Å². The van der Waals surface area contributed by atoms with Crippen LogP contribution in [0, 0.1) is 0 Å².